The summed E-state index contributed by atoms with van der Waals surface area (Å²) in [5.74, 6) is 0. The monoisotopic (exact) mass is 238 g/mol. The molecule has 0 fully saturated rings. The maximum absolute atomic E-state index is 5.82. The fraction of sp³-hybridized carbons (Fsp3) is 0.692. The standard InChI is InChI=1S/C13H22N2S/c1-10-11-5-7-16-12(11)4-6-15(10)9-13(2,3)8-14/h5,7,10H,4,6,8-9,14H2,1-3H3. The zero-order valence-corrected chi connectivity index (χ0v) is 11.3. The van der Waals surface area contributed by atoms with E-state index in [2.05, 4.69) is 37.1 Å². The Hall–Kier alpha value is -0.380. The average molecular weight is 238 g/mol. The fourth-order valence-corrected chi connectivity index (χ4v) is 3.35. The Labute approximate surface area is 102 Å². The molecular weight excluding hydrogens is 216 g/mol. The number of hydrogen-bond donors (Lipinski definition) is 1. The summed E-state index contributed by atoms with van der Waals surface area (Å²) in [6.45, 7) is 9.85. The van der Waals surface area contributed by atoms with E-state index in [1.807, 2.05) is 11.3 Å². The molecule has 2 rings (SSSR count). The Morgan fingerprint density at radius 2 is 2.31 bits per heavy atom. The van der Waals surface area contributed by atoms with Gasteiger partial charge in [-0.2, -0.15) is 0 Å². The van der Waals surface area contributed by atoms with Gasteiger partial charge < -0.3 is 5.73 Å². The molecule has 0 saturated carbocycles. The molecule has 3 heteroatoms. The Morgan fingerprint density at radius 1 is 1.56 bits per heavy atom. The molecule has 1 aliphatic rings. The minimum Gasteiger partial charge on any atom is -0.330 e. The smallest absolute Gasteiger partial charge is 0.0331 e. The Kier molecular flexibility index (Phi) is 3.38. The summed E-state index contributed by atoms with van der Waals surface area (Å²) >= 11 is 1.90. The van der Waals surface area contributed by atoms with E-state index in [-0.39, 0.29) is 5.41 Å². The number of nitrogens with two attached hydrogens (primary N) is 1. The number of fused-ring (bicyclic) bond motifs is 1. The first kappa shape index (κ1) is 12.1. The van der Waals surface area contributed by atoms with E-state index in [1.165, 1.54) is 18.5 Å². The summed E-state index contributed by atoms with van der Waals surface area (Å²) in [6, 6.07) is 2.84. The van der Waals surface area contributed by atoms with Gasteiger partial charge in [0.25, 0.3) is 0 Å². The minimum atomic E-state index is 0.224. The molecule has 0 aromatic carbocycles. The predicted octanol–water partition coefficient (Wildman–Crippen LogP) is 2.65. The molecule has 2 nitrogen and oxygen atoms in total. The van der Waals surface area contributed by atoms with Gasteiger partial charge in [-0.05, 0) is 42.3 Å². The molecule has 0 amide bonds. The van der Waals surface area contributed by atoms with Crippen LogP contribution in [-0.4, -0.2) is 24.5 Å². The highest BCUT2D eigenvalue weighted by Gasteiger charge is 2.28. The van der Waals surface area contributed by atoms with E-state index in [4.69, 9.17) is 5.73 Å². The van der Waals surface area contributed by atoms with Gasteiger partial charge in [-0.3, -0.25) is 4.90 Å². The van der Waals surface area contributed by atoms with Crippen molar-refractivity contribution < 1.29 is 0 Å². The van der Waals surface area contributed by atoms with Gasteiger partial charge in [0.2, 0.25) is 0 Å². The van der Waals surface area contributed by atoms with Crippen LogP contribution >= 0.6 is 11.3 Å². The van der Waals surface area contributed by atoms with Crippen molar-refractivity contribution >= 4 is 11.3 Å². The number of hydrogen-bond acceptors (Lipinski definition) is 3. The van der Waals surface area contributed by atoms with Crippen LogP contribution < -0.4 is 5.73 Å². The Balaban J connectivity index is 2.10. The maximum Gasteiger partial charge on any atom is 0.0331 e. The van der Waals surface area contributed by atoms with E-state index in [9.17, 15) is 0 Å². The summed E-state index contributed by atoms with van der Waals surface area (Å²) in [6.07, 6.45) is 1.21. The molecule has 1 atom stereocenters. The lowest BCUT2D eigenvalue weighted by molar-refractivity contribution is 0.134. The van der Waals surface area contributed by atoms with E-state index in [0.29, 0.717) is 6.04 Å². The van der Waals surface area contributed by atoms with Crippen molar-refractivity contribution in [2.75, 3.05) is 19.6 Å². The van der Waals surface area contributed by atoms with Crippen molar-refractivity contribution in [3.05, 3.63) is 21.9 Å². The molecule has 1 aliphatic heterocycles. The summed E-state index contributed by atoms with van der Waals surface area (Å²) in [4.78, 5) is 4.15. The van der Waals surface area contributed by atoms with Gasteiger partial charge in [-0.1, -0.05) is 13.8 Å². The quantitative estimate of drug-likeness (QED) is 0.877. The zero-order chi connectivity index (χ0) is 11.8. The normalized spacial score (nSPS) is 22.1. The molecule has 1 unspecified atom stereocenters. The van der Waals surface area contributed by atoms with E-state index in [0.717, 1.165) is 13.1 Å². The molecule has 1 aromatic heterocycles. The Morgan fingerprint density at radius 3 is 3.00 bits per heavy atom. The van der Waals surface area contributed by atoms with Gasteiger partial charge in [0.05, 0.1) is 0 Å². The largest absolute Gasteiger partial charge is 0.330 e. The first-order valence-corrected chi connectivity index (χ1v) is 6.92. The topological polar surface area (TPSA) is 29.3 Å². The number of rotatable bonds is 3. The molecule has 90 valence electrons. The highest BCUT2D eigenvalue weighted by Crippen LogP contribution is 2.34. The summed E-state index contributed by atoms with van der Waals surface area (Å²) in [5.41, 5.74) is 7.57. The average Bonchev–Trinajstić information content (AvgIpc) is 2.71. The molecule has 2 N–H and O–H groups in total. The van der Waals surface area contributed by atoms with E-state index >= 15 is 0 Å². The summed E-state index contributed by atoms with van der Waals surface area (Å²) < 4.78 is 0. The second kappa shape index (κ2) is 4.47. The van der Waals surface area contributed by atoms with E-state index in [1.54, 1.807) is 4.88 Å². The lowest BCUT2D eigenvalue weighted by atomic mass is 9.90. The predicted molar refractivity (Wildman–Crippen MR) is 70.8 cm³/mol. The molecule has 16 heavy (non-hydrogen) atoms. The van der Waals surface area contributed by atoms with Crippen LogP contribution in [0.5, 0.6) is 0 Å². The first-order chi connectivity index (χ1) is 7.53. The minimum absolute atomic E-state index is 0.224. The van der Waals surface area contributed by atoms with Crippen molar-refractivity contribution in [1.82, 2.24) is 4.90 Å². The second-order valence-electron chi connectivity index (χ2n) is 5.56. The Bertz CT molecular complexity index is 357. The molecule has 0 spiro atoms. The third-order valence-corrected chi connectivity index (χ3v) is 4.58. The van der Waals surface area contributed by atoms with Gasteiger partial charge in [0.1, 0.15) is 0 Å². The molecular formula is C13H22N2S. The number of thiophene rings is 1. The van der Waals surface area contributed by atoms with Gasteiger partial charge in [0, 0.05) is 24.0 Å². The van der Waals surface area contributed by atoms with Crippen LogP contribution in [0.2, 0.25) is 0 Å². The molecule has 0 aliphatic carbocycles. The third-order valence-electron chi connectivity index (χ3n) is 3.59. The van der Waals surface area contributed by atoms with Gasteiger partial charge in [-0.15, -0.1) is 11.3 Å². The van der Waals surface area contributed by atoms with Crippen molar-refractivity contribution in [3.8, 4) is 0 Å². The van der Waals surface area contributed by atoms with Crippen molar-refractivity contribution in [2.45, 2.75) is 33.2 Å². The second-order valence-corrected chi connectivity index (χ2v) is 6.56. The number of nitrogens with zero attached hydrogens (tertiary/aromatic N) is 1. The fourth-order valence-electron chi connectivity index (χ4n) is 2.39. The lowest BCUT2D eigenvalue weighted by Crippen LogP contribution is -2.42. The van der Waals surface area contributed by atoms with Crippen LogP contribution in [0.1, 0.15) is 37.3 Å². The van der Waals surface area contributed by atoms with Crippen molar-refractivity contribution in [2.24, 2.45) is 11.1 Å². The van der Waals surface area contributed by atoms with Gasteiger partial charge in [0.15, 0.2) is 0 Å². The molecule has 0 bridgehead atoms. The highest BCUT2D eigenvalue weighted by atomic mass is 32.1. The SMILES string of the molecule is CC1c2ccsc2CCN1CC(C)(C)CN. The summed E-state index contributed by atoms with van der Waals surface area (Å²) in [7, 11) is 0. The maximum atomic E-state index is 5.82. The van der Waals surface area contributed by atoms with Crippen LogP contribution in [0.4, 0.5) is 0 Å². The van der Waals surface area contributed by atoms with Gasteiger partial charge in [-0.25, -0.2) is 0 Å². The van der Waals surface area contributed by atoms with Gasteiger partial charge >= 0.3 is 0 Å². The van der Waals surface area contributed by atoms with Crippen LogP contribution in [0, 0.1) is 5.41 Å². The van der Waals surface area contributed by atoms with Crippen molar-refractivity contribution in [3.63, 3.8) is 0 Å². The third kappa shape index (κ3) is 2.31. The van der Waals surface area contributed by atoms with Crippen molar-refractivity contribution in [1.29, 1.82) is 0 Å². The van der Waals surface area contributed by atoms with Crippen LogP contribution in [0.3, 0.4) is 0 Å². The molecule has 1 aromatic rings. The summed E-state index contributed by atoms with van der Waals surface area (Å²) in [5, 5.41) is 2.22. The van der Waals surface area contributed by atoms with E-state index < -0.39 is 0 Å². The van der Waals surface area contributed by atoms with Crippen LogP contribution in [0.25, 0.3) is 0 Å². The molecule has 0 radical (unpaired) electrons. The lowest BCUT2D eigenvalue weighted by Gasteiger charge is -2.38. The van der Waals surface area contributed by atoms with Crippen LogP contribution in [-0.2, 0) is 6.42 Å². The molecule has 0 saturated heterocycles. The first-order valence-electron chi connectivity index (χ1n) is 6.04. The zero-order valence-electron chi connectivity index (χ0n) is 10.5. The molecule has 2 heterocycles. The highest BCUT2D eigenvalue weighted by molar-refractivity contribution is 7.10. The van der Waals surface area contributed by atoms with Crippen LogP contribution in [0.15, 0.2) is 11.4 Å².